The van der Waals surface area contributed by atoms with Crippen molar-refractivity contribution in [3.8, 4) is 0 Å². The molecule has 1 saturated heterocycles. The van der Waals surface area contributed by atoms with Crippen LogP contribution >= 0.6 is 22.9 Å². The summed E-state index contributed by atoms with van der Waals surface area (Å²) < 4.78 is 27.3. The van der Waals surface area contributed by atoms with Gasteiger partial charge in [0.2, 0.25) is 15.9 Å². The summed E-state index contributed by atoms with van der Waals surface area (Å²) in [6, 6.07) is 10.6. The summed E-state index contributed by atoms with van der Waals surface area (Å²) in [7, 11) is -1.60. The molecule has 1 fully saturated rings. The van der Waals surface area contributed by atoms with Crippen molar-refractivity contribution in [2.45, 2.75) is 37.1 Å². The molecule has 1 amide bonds. The van der Waals surface area contributed by atoms with Crippen molar-refractivity contribution in [1.29, 1.82) is 0 Å². The van der Waals surface area contributed by atoms with Crippen molar-refractivity contribution in [2.24, 2.45) is 0 Å². The zero-order chi connectivity index (χ0) is 19.4. The minimum atomic E-state index is -3.38. The molecule has 1 aliphatic rings. The fourth-order valence-electron chi connectivity index (χ4n) is 3.11. The molecule has 2 heterocycles. The van der Waals surface area contributed by atoms with E-state index in [9.17, 15) is 13.2 Å². The van der Waals surface area contributed by atoms with Gasteiger partial charge in [0.05, 0.1) is 15.8 Å². The van der Waals surface area contributed by atoms with Gasteiger partial charge in [-0.15, -0.1) is 11.3 Å². The Balaban J connectivity index is 1.54. The van der Waals surface area contributed by atoms with E-state index in [1.54, 1.807) is 36.2 Å². The average Bonchev–Trinajstić information content (AvgIpc) is 3.32. The Bertz CT molecular complexity index is 888. The number of thiophene rings is 1. The van der Waals surface area contributed by atoms with E-state index in [4.69, 9.17) is 11.6 Å². The van der Waals surface area contributed by atoms with Gasteiger partial charge in [0, 0.05) is 31.4 Å². The van der Waals surface area contributed by atoms with Crippen LogP contribution in [-0.2, 0) is 27.8 Å². The Morgan fingerprint density at radius 3 is 2.41 bits per heavy atom. The van der Waals surface area contributed by atoms with Gasteiger partial charge in [0.15, 0.2) is 0 Å². The van der Waals surface area contributed by atoms with E-state index in [0.29, 0.717) is 37.4 Å². The SMILES string of the molecule is CN(Cc1ccc(Cl)s1)C(=O)CCc1ccc(S(=O)(=O)N2CCCC2)cc1. The molecule has 5 nitrogen and oxygen atoms in total. The molecule has 1 aromatic heterocycles. The molecule has 146 valence electrons. The summed E-state index contributed by atoms with van der Waals surface area (Å²) in [6.45, 7) is 1.74. The van der Waals surface area contributed by atoms with Crippen molar-refractivity contribution in [1.82, 2.24) is 9.21 Å². The highest BCUT2D eigenvalue weighted by Gasteiger charge is 2.26. The molecule has 0 aliphatic carbocycles. The fraction of sp³-hybridized carbons (Fsp3) is 0.421. The van der Waals surface area contributed by atoms with Crippen molar-refractivity contribution >= 4 is 38.9 Å². The first-order chi connectivity index (χ1) is 12.9. The molecule has 0 bridgehead atoms. The predicted molar refractivity (Wildman–Crippen MR) is 109 cm³/mol. The van der Waals surface area contributed by atoms with Gasteiger partial charge in [-0.2, -0.15) is 4.31 Å². The van der Waals surface area contributed by atoms with Crippen molar-refractivity contribution < 1.29 is 13.2 Å². The van der Waals surface area contributed by atoms with E-state index < -0.39 is 10.0 Å². The van der Waals surface area contributed by atoms with Gasteiger partial charge in [-0.3, -0.25) is 4.79 Å². The van der Waals surface area contributed by atoms with Gasteiger partial charge < -0.3 is 4.90 Å². The van der Waals surface area contributed by atoms with Crippen LogP contribution in [0.4, 0.5) is 0 Å². The zero-order valence-electron chi connectivity index (χ0n) is 15.2. The molecule has 1 aromatic carbocycles. The smallest absolute Gasteiger partial charge is 0.243 e. The van der Waals surface area contributed by atoms with E-state index in [1.165, 1.54) is 15.6 Å². The lowest BCUT2D eigenvalue weighted by Gasteiger charge is -2.17. The summed E-state index contributed by atoms with van der Waals surface area (Å²) >= 11 is 7.39. The number of hydrogen-bond acceptors (Lipinski definition) is 4. The second kappa shape index (κ2) is 8.73. The van der Waals surface area contributed by atoms with Crippen LogP contribution in [0, 0.1) is 0 Å². The first kappa shape index (κ1) is 20.3. The second-order valence-electron chi connectivity index (χ2n) is 6.71. The van der Waals surface area contributed by atoms with Crippen LogP contribution in [0.5, 0.6) is 0 Å². The molecule has 27 heavy (non-hydrogen) atoms. The van der Waals surface area contributed by atoms with E-state index in [0.717, 1.165) is 27.6 Å². The lowest BCUT2D eigenvalue weighted by atomic mass is 10.1. The normalized spacial score (nSPS) is 15.2. The number of carbonyl (C=O) groups is 1. The maximum absolute atomic E-state index is 12.5. The third kappa shape index (κ3) is 5.10. The highest BCUT2D eigenvalue weighted by molar-refractivity contribution is 7.89. The Morgan fingerprint density at radius 2 is 1.81 bits per heavy atom. The number of carbonyl (C=O) groups excluding carboxylic acids is 1. The van der Waals surface area contributed by atoms with E-state index in [2.05, 4.69) is 0 Å². The molecular formula is C19H23ClN2O3S2. The molecule has 8 heteroatoms. The van der Waals surface area contributed by atoms with Crippen molar-refractivity contribution in [3.63, 3.8) is 0 Å². The number of aryl methyl sites for hydroxylation is 1. The van der Waals surface area contributed by atoms with Crippen molar-refractivity contribution in [3.05, 3.63) is 51.2 Å². The molecule has 0 spiro atoms. The largest absolute Gasteiger partial charge is 0.341 e. The number of benzene rings is 1. The zero-order valence-corrected chi connectivity index (χ0v) is 17.6. The van der Waals surface area contributed by atoms with Gasteiger partial charge in [-0.05, 0) is 49.1 Å². The monoisotopic (exact) mass is 426 g/mol. The van der Waals surface area contributed by atoms with Crippen LogP contribution in [-0.4, -0.2) is 43.7 Å². The summed E-state index contributed by atoms with van der Waals surface area (Å²) in [5.74, 6) is 0.0493. The van der Waals surface area contributed by atoms with Crippen LogP contribution in [0.15, 0.2) is 41.3 Å². The van der Waals surface area contributed by atoms with Gasteiger partial charge in [0.1, 0.15) is 0 Å². The molecule has 2 aromatic rings. The molecular weight excluding hydrogens is 404 g/mol. The maximum atomic E-state index is 12.5. The number of nitrogens with zero attached hydrogens (tertiary/aromatic N) is 2. The van der Waals surface area contributed by atoms with Crippen LogP contribution in [0.3, 0.4) is 0 Å². The standard InChI is InChI=1S/C19H23ClN2O3S2/c1-21(14-16-7-10-18(20)26-16)19(23)11-6-15-4-8-17(9-5-15)27(24,25)22-12-2-3-13-22/h4-5,7-10H,2-3,6,11-14H2,1H3. The quantitative estimate of drug-likeness (QED) is 0.677. The lowest BCUT2D eigenvalue weighted by molar-refractivity contribution is -0.130. The summed E-state index contributed by atoms with van der Waals surface area (Å²) in [4.78, 5) is 15.4. The van der Waals surface area contributed by atoms with Gasteiger partial charge in [-0.25, -0.2) is 8.42 Å². The summed E-state index contributed by atoms with van der Waals surface area (Å²) in [5.41, 5.74) is 0.955. The Morgan fingerprint density at radius 1 is 1.15 bits per heavy atom. The predicted octanol–water partition coefficient (Wildman–Crippen LogP) is 3.78. The van der Waals surface area contributed by atoms with E-state index >= 15 is 0 Å². The fourth-order valence-corrected chi connectivity index (χ4v) is 5.76. The number of amides is 1. The van der Waals surface area contributed by atoms with E-state index in [1.807, 2.05) is 12.1 Å². The van der Waals surface area contributed by atoms with Gasteiger partial charge in [-0.1, -0.05) is 23.7 Å². The molecule has 0 atom stereocenters. The van der Waals surface area contributed by atoms with Crippen molar-refractivity contribution in [2.75, 3.05) is 20.1 Å². The molecule has 0 saturated carbocycles. The maximum Gasteiger partial charge on any atom is 0.243 e. The molecule has 0 radical (unpaired) electrons. The Labute approximate surface area is 169 Å². The molecule has 0 unspecified atom stereocenters. The Kier molecular flexibility index (Phi) is 6.57. The van der Waals surface area contributed by atoms with Crippen LogP contribution in [0.2, 0.25) is 4.34 Å². The lowest BCUT2D eigenvalue weighted by Crippen LogP contribution is -2.27. The molecule has 0 N–H and O–H groups in total. The minimum absolute atomic E-state index is 0.0493. The number of rotatable bonds is 7. The van der Waals surface area contributed by atoms with Gasteiger partial charge >= 0.3 is 0 Å². The average molecular weight is 427 g/mol. The highest BCUT2D eigenvalue weighted by Crippen LogP contribution is 2.23. The van der Waals surface area contributed by atoms with Gasteiger partial charge in [0.25, 0.3) is 0 Å². The Hall–Kier alpha value is -1.41. The summed E-state index contributed by atoms with van der Waals surface area (Å²) in [6.07, 6.45) is 2.81. The third-order valence-corrected chi connectivity index (χ3v) is 7.83. The topological polar surface area (TPSA) is 57.7 Å². The highest BCUT2D eigenvalue weighted by atomic mass is 35.5. The first-order valence-electron chi connectivity index (χ1n) is 8.93. The number of halogens is 1. The number of sulfonamides is 1. The van der Waals surface area contributed by atoms with Crippen LogP contribution in [0.1, 0.15) is 29.7 Å². The van der Waals surface area contributed by atoms with Crippen LogP contribution in [0.25, 0.3) is 0 Å². The molecule has 3 rings (SSSR count). The summed E-state index contributed by atoms with van der Waals surface area (Å²) in [5, 5.41) is 0. The number of hydrogen-bond donors (Lipinski definition) is 0. The third-order valence-electron chi connectivity index (χ3n) is 4.70. The molecule has 1 aliphatic heterocycles. The second-order valence-corrected chi connectivity index (χ2v) is 10.4. The van der Waals surface area contributed by atoms with Crippen LogP contribution < -0.4 is 0 Å². The minimum Gasteiger partial charge on any atom is -0.341 e. The first-order valence-corrected chi connectivity index (χ1v) is 11.6. The van der Waals surface area contributed by atoms with E-state index in [-0.39, 0.29) is 5.91 Å².